The first-order valence-electron chi connectivity index (χ1n) is 6.24. The maximum atomic E-state index is 12.4. The Morgan fingerprint density at radius 1 is 1.48 bits per heavy atom. The average Bonchev–Trinajstić information content (AvgIpc) is 2.48. The molecule has 0 aliphatic heterocycles. The Bertz CT molecular complexity index is 821. The molecule has 0 unspecified atom stereocenters. The van der Waals surface area contributed by atoms with E-state index in [-0.39, 0.29) is 0 Å². The number of pyridine rings is 1. The van der Waals surface area contributed by atoms with Crippen LogP contribution in [0.1, 0.15) is 17.3 Å². The number of nitrogens with one attached hydrogen (secondary N) is 1. The van der Waals surface area contributed by atoms with Crippen molar-refractivity contribution in [3.05, 3.63) is 40.2 Å². The molecule has 2 rings (SSSR count). The topological polar surface area (TPSA) is 122 Å². The highest BCUT2D eigenvalue weighted by Crippen LogP contribution is 2.26. The van der Waals surface area contributed by atoms with Gasteiger partial charge in [0.25, 0.3) is 5.56 Å². The number of carbonyl (C=O) groups excluding carboxylic acids is 1. The van der Waals surface area contributed by atoms with Crippen molar-refractivity contribution in [2.45, 2.75) is 13.5 Å². The number of benzene rings is 1. The lowest BCUT2D eigenvalue weighted by atomic mass is 10.1. The molecule has 1 aromatic heterocycles. The van der Waals surface area contributed by atoms with Crippen molar-refractivity contribution in [2.75, 3.05) is 0 Å². The Balaban J connectivity index is 2.88. The number of nitrogens with two attached hydrogens (primary N) is 1. The minimum Gasteiger partial charge on any atom is -0.506 e. The van der Waals surface area contributed by atoms with Gasteiger partial charge in [0.15, 0.2) is 5.84 Å². The molecule has 0 atom stereocenters. The summed E-state index contributed by atoms with van der Waals surface area (Å²) in [6, 6.07) is 6.72. The Labute approximate surface area is 119 Å². The Morgan fingerprint density at radius 3 is 2.76 bits per heavy atom. The predicted molar refractivity (Wildman–Crippen MR) is 80.3 cm³/mol. The normalized spacial score (nSPS) is 11.6. The second-order valence-electron chi connectivity index (χ2n) is 4.26. The van der Waals surface area contributed by atoms with Crippen molar-refractivity contribution in [2.24, 2.45) is 10.7 Å². The molecular weight excluding hydrogens is 272 g/mol. The van der Waals surface area contributed by atoms with E-state index in [1.807, 2.05) is 0 Å². The molecule has 0 saturated carbocycles. The molecule has 21 heavy (non-hydrogen) atoms. The van der Waals surface area contributed by atoms with E-state index < -0.39 is 28.5 Å². The molecule has 2 aromatic rings. The summed E-state index contributed by atoms with van der Waals surface area (Å²) in [4.78, 5) is 27.9. The number of hydrogen-bond acceptors (Lipinski definition) is 4. The number of nitrogens with zero attached hydrogens (tertiary/aromatic N) is 2. The third-order valence-electron chi connectivity index (χ3n) is 3.13. The number of aliphatic imine (C=N–C) groups is 1. The zero-order valence-corrected chi connectivity index (χ0v) is 11.3. The van der Waals surface area contributed by atoms with Crippen molar-refractivity contribution >= 4 is 28.9 Å². The number of hydrogen-bond donors (Lipinski definition) is 3. The van der Waals surface area contributed by atoms with Gasteiger partial charge in [0.1, 0.15) is 17.7 Å². The summed E-state index contributed by atoms with van der Waals surface area (Å²) >= 11 is 0. The highest BCUT2D eigenvalue weighted by Gasteiger charge is 2.23. The van der Waals surface area contributed by atoms with Crippen molar-refractivity contribution in [3.8, 4) is 5.75 Å². The summed E-state index contributed by atoms with van der Waals surface area (Å²) in [6.45, 7) is 2.09. The van der Waals surface area contributed by atoms with Crippen molar-refractivity contribution < 1.29 is 9.90 Å². The first kappa shape index (κ1) is 14.4. The van der Waals surface area contributed by atoms with E-state index in [0.29, 0.717) is 23.8 Å². The van der Waals surface area contributed by atoms with Crippen molar-refractivity contribution in [3.63, 3.8) is 0 Å². The number of aromatic nitrogens is 1. The van der Waals surface area contributed by atoms with E-state index in [0.717, 1.165) is 0 Å². The number of aromatic hydroxyl groups is 1. The van der Waals surface area contributed by atoms with E-state index in [4.69, 9.17) is 11.1 Å². The molecule has 0 amide bonds. The summed E-state index contributed by atoms with van der Waals surface area (Å²) in [5, 5.41) is 17.4. The van der Waals surface area contributed by atoms with E-state index >= 15 is 0 Å². The molecule has 4 N–H and O–H groups in total. The number of para-hydroxylation sites is 1. The van der Waals surface area contributed by atoms with Crippen molar-refractivity contribution in [1.29, 1.82) is 5.41 Å². The van der Waals surface area contributed by atoms with Crippen LogP contribution in [0.3, 0.4) is 0 Å². The summed E-state index contributed by atoms with van der Waals surface area (Å²) in [5.41, 5.74) is 4.88. The molecule has 0 aliphatic carbocycles. The highest BCUT2D eigenvalue weighted by atomic mass is 16.3. The summed E-state index contributed by atoms with van der Waals surface area (Å²) < 4.78 is 1.37. The molecule has 7 nitrogen and oxygen atoms in total. The van der Waals surface area contributed by atoms with Gasteiger partial charge in [0, 0.05) is 11.9 Å². The lowest BCUT2D eigenvalue weighted by Gasteiger charge is -2.12. The molecule has 0 aliphatic rings. The van der Waals surface area contributed by atoms with Gasteiger partial charge in [-0.15, -0.1) is 0 Å². The van der Waals surface area contributed by atoms with Gasteiger partial charge in [-0.3, -0.25) is 15.0 Å². The SMILES string of the molecule is CCn1c(=O)c(C(=O)C(N)=NC=N)c(O)c2ccccc21. The quantitative estimate of drug-likeness (QED) is 0.438. The third-order valence-corrected chi connectivity index (χ3v) is 3.13. The highest BCUT2D eigenvalue weighted by molar-refractivity contribution is 6.46. The summed E-state index contributed by atoms with van der Waals surface area (Å²) in [6.07, 6.45) is 0.601. The number of rotatable bonds is 4. The number of carbonyl (C=O) groups is 1. The van der Waals surface area contributed by atoms with Crippen LogP contribution in [0.25, 0.3) is 10.9 Å². The molecule has 0 bridgehead atoms. The Kier molecular flexibility index (Phi) is 3.84. The lowest BCUT2D eigenvalue weighted by Crippen LogP contribution is -2.33. The Morgan fingerprint density at radius 2 is 2.14 bits per heavy atom. The van der Waals surface area contributed by atoms with Crippen LogP contribution in [0, 0.1) is 5.41 Å². The van der Waals surface area contributed by atoms with Crippen LogP contribution in [-0.2, 0) is 6.54 Å². The van der Waals surface area contributed by atoms with Gasteiger partial charge >= 0.3 is 0 Å². The maximum absolute atomic E-state index is 12.4. The Hall–Kier alpha value is -2.96. The predicted octanol–water partition coefficient (Wildman–Crippen LogP) is 0.874. The van der Waals surface area contributed by atoms with Crippen LogP contribution in [-0.4, -0.2) is 27.6 Å². The molecule has 0 spiro atoms. The standard InChI is InChI=1S/C14H14N4O3/c1-2-18-9-6-4-3-5-8(9)11(19)10(14(18)21)12(20)13(16)17-7-15/h3-7,19H,2H2,1H3,(H3,15,16,17). The fraction of sp³-hybridized carbons (Fsp3) is 0.143. The van der Waals surface area contributed by atoms with Gasteiger partial charge in [-0.25, -0.2) is 4.99 Å². The van der Waals surface area contributed by atoms with Gasteiger partial charge in [-0.05, 0) is 19.1 Å². The van der Waals surface area contributed by atoms with Gasteiger partial charge in [0.2, 0.25) is 5.78 Å². The van der Waals surface area contributed by atoms with Gasteiger partial charge in [-0.2, -0.15) is 0 Å². The first-order chi connectivity index (χ1) is 10.0. The third kappa shape index (κ3) is 2.29. The van der Waals surface area contributed by atoms with Crippen molar-refractivity contribution in [1.82, 2.24) is 4.57 Å². The minimum atomic E-state index is -0.894. The average molecular weight is 286 g/mol. The molecule has 1 aromatic carbocycles. The largest absolute Gasteiger partial charge is 0.506 e. The minimum absolute atomic E-state index is 0.335. The molecule has 108 valence electrons. The maximum Gasteiger partial charge on any atom is 0.266 e. The summed E-state index contributed by atoms with van der Waals surface area (Å²) in [5.74, 6) is -1.84. The molecule has 0 saturated heterocycles. The van der Waals surface area contributed by atoms with Gasteiger partial charge in [-0.1, -0.05) is 12.1 Å². The van der Waals surface area contributed by atoms with Crippen LogP contribution in [0.4, 0.5) is 0 Å². The molecule has 0 fully saturated rings. The van der Waals surface area contributed by atoms with Crippen LogP contribution in [0.5, 0.6) is 5.75 Å². The fourth-order valence-corrected chi connectivity index (χ4v) is 2.16. The van der Waals surface area contributed by atoms with E-state index in [1.54, 1.807) is 31.2 Å². The zero-order chi connectivity index (χ0) is 15.6. The number of amidine groups is 1. The van der Waals surface area contributed by atoms with E-state index in [9.17, 15) is 14.7 Å². The number of Topliss-reactive ketones (excluding diaryl/α,β-unsaturated/α-hetero) is 1. The van der Waals surface area contributed by atoms with Crippen LogP contribution < -0.4 is 11.3 Å². The van der Waals surface area contributed by atoms with Gasteiger partial charge in [0.05, 0.1) is 5.52 Å². The fourth-order valence-electron chi connectivity index (χ4n) is 2.16. The second-order valence-corrected chi connectivity index (χ2v) is 4.26. The first-order valence-corrected chi connectivity index (χ1v) is 6.24. The number of aryl methyl sites for hydroxylation is 1. The molecule has 0 radical (unpaired) electrons. The van der Waals surface area contributed by atoms with Crippen LogP contribution in [0.15, 0.2) is 34.1 Å². The number of fused-ring (bicyclic) bond motifs is 1. The van der Waals surface area contributed by atoms with E-state index in [1.165, 1.54) is 4.57 Å². The smallest absolute Gasteiger partial charge is 0.266 e. The van der Waals surface area contributed by atoms with Gasteiger partial charge < -0.3 is 15.4 Å². The monoisotopic (exact) mass is 286 g/mol. The number of ketones is 1. The summed E-state index contributed by atoms with van der Waals surface area (Å²) in [7, 11) is 0. The molecule has 7 heteroatoms. The molecule has 1 heterocycles. The molecular formula is C14H14N4O3. The second kappa shape index (κ2) is 5.58. The van der Waals surface area contributed by atoms with E-state index in [2.05, 4.69) is 4.99 Å². The zero-order valence-electron chi connectivity index (χ0n) is 11.3. The lowest BCUT2D eigenvalue weighted by molar-refractivity contribution is 0.106. The van der Waals surface area contributed by atoms with Crippen LogP contribution in [0.2, 0.25) is 0 Å². The van der Waals surface area contributed by atoms with Crippen LogP contribution >= 0.6 is 0 Å².